The van der Waals surface area contributed by atoms with Crippen LogP contribution in [0, 0.1) is 0 Å². The zero-order valence-corrected chi connectivity index (χ0v) is 18.3. The minimum Gasteiger partial charge on any atom is -0.497 e. The van der Waals surface area contributed by atoms with E-state index in [2.05, 4.69) is 27.7 Å². The maximum Gasteiger partial charge on any atom is 0.257 e. The normalized spacial score (nSPS) is 11.0. The first-order valence-corrected chi connectivity index (χ1v) is 10.2. The summed E-state index contributed by atoms with van der Waals surface area (Å²) in [6.07, 6.45) is 0. The molecule has 0 aromatic heterocycles. The Morgan fingerprint density at radius 3 is 2.40 bits per heavy atom. The van der Waals surface area contributed by atoms with E-state index in [9.17, 15) is 4.79 Å². The van der Waals surface area contributed by atoms with Crippen molar-refractivity contribution in [1.29, 1.82) is 0 Å². The van der Waals surface area contributed by atoms with E-state index in [1.807, 2.05) is 57.3 Å². The number of carbonyl (C=O) groups excluding carboxylic acids is 1. The number of benzene rings is 2. The highest BCUT2D eigenvalue weighted by molar-refractivity contribution is 5.79. The number of hydrogen-bond donors (Lipinski definition) is 2. The summed E-state index contributed by atoms with van der Waals surface area (Å²) in [5.74, 6) is 2.19. The molecule has 7 nitrogen and oxygen atoms in total. The number of hydrogen-bond acceptors (Lipinski definition) is 4. The lowest BCUT2D eigenvalue weighted by Gasteiger charge is -2.22. The summed E-state index contributed by atoms with van der Waals surface area (Å²) in [7, 11) is 3.68. The first-order valence-electron chi connectivity index (χ1n) is 10.2. The summed E-state index contributed by atoms with van der Waals surface area (Å²) >= 11 is 0. The molecule has 0 aliphatic heterocycles. The molecular formula is C23H32N4O3. The molecule has 0 atom stereocenters. The van der Waals surface area contributed by atoms with Crippen molar-refractivity contribution in [2.75, 3.05) is 33.9 Å². The van der Waals surface area contributed by atoms with Crippen LogP contribution in [-0.4, -0.2) is 50.6 Å². The Morgan fingerprint density at radius 2 is 1.73 bits per heavy atom. The fourth-order valence-corrected chi connectivity index (χ4v) is 2.85. The van der Waals surface area contributed by atoms with E-state index in [0.717, 1.165) is 30.4 Å². The summed E-state index contributed by atoms with van der Waals surface area (Å²) in [6.45, 7) is 6.54. The summed E-state index contributed by atoms with van der Waals surface area (Å²) in [5, 5.41) is 6.05. The molecule has 2 rings (SSSR count). The smallest absolute Gasteiger partial charge is 0.257 e. The number of guanidine groups is 1. The van der Waals surface area contributed by atoms with Crippen LogP contribution in [-0.2, 0) is 17.9 Å². The fraction of sp³-hybridized carbons (Fsp3) is 0.391. The van der Waals surface area contributed by atoms with Crippen molar-refractivity contribution in [3.05, 3.63) is 59.7 Å². The molecule has 0 heterocycles. The molecule has 0 unspecified atom stereocenters. The minimum atomic E-state index is -0.129. The molecule has 0 fully saturated rings. The van der Waals surface area contributed by atoms with Crippen molar-refractivity contribution < 1.29 is 14.3 Å². The Kier molecular flexibility index (Phi) is 9.51. The van der Waals surface area contributed by atoms with Gasteiger partial charge in [0.15, 0.2) is 12.6 Å². The number of nitrogens with one attached hydrogen (secondary N) is 2. The number of ether oxygens (including phenoxy) is 2. The van der Waals surface area contributed by atoms with Gasteiger partial charge in [-0.05, 0) is 49.2 Å². The molecule has 2 aromatic rings. The number of carbonyl (C=O) groups is 1. The second kappa shape index (κ2) is 12.4. The first-order chi connectivity index (χ1) is 14.5. The predicted molar refractivity (Wildman–Crippen MR) is 120 cm³/mol. The molecule has 0 radical (unpaired) electrons. The molecule has 30 heavy (non-hydrogen) atoms. The van der Waals surface area contributed by atoms with Crippen LogP contribution in [0.5, 0.6) is 11.5 Å². The van der Waals surface area contributed by atoms with Crippen LogP contribution in [0.1, 0.15) is 25.0 Å². The molecule has 2 aromatic carbocycles. The van der Waals surface area contributed by atoms with Gasteiger partial charge >= 0.3 is 0 Å². The Hall–Kier alpha value is -3.22. The van der Waals surface area contributed by atoms with E-state index >= 15 is 0 Å². The van der Waals surface area contributed by atoms with Gasteiger partial charge in [0, 0.05) is 26.7 Å². The maximum absolute atomic E-state index is 11.6. The zero-order valence-electron chi connectivity index (χ0n) is 18.3. The minimum absolute atomic E-state index is 0.00774. The maximum atomic E-state index is 11.6. The zero-order chi connectivity index (χ0) is 21.8. The Bertz CT molecular complexity index is 821. The first kappa shape index (κ1) is 23.1. The summed E-state index contributed by atoms with van der Waals surface area (Å²) in [5.41, 5.74) is 2.18. The van der Waals surface area contributed by atoms with Gasteiger partial charge in [0.1, 0.15) is 11.5 Å². The highest BCUT2D eigenvalue weighted by Crippen LogP contribution is 2.15. The van der Waals surface area contributed by atoms with Crippen LogP contribution in [0.4, 0.5) is 0 Å². The van der Waals surface area contributed by atoms with Gasteiger partial charge in [-0.3, -0.25) is 4.79 Å². The lowest BCUT2D eigenvalue weighted by molar-refractivity contribution is -0.122. The van der Waals surface area contributed by atoms with Crippen LogP contribution in [0.3, 0.4) is 0 Å². The van der Waals surface area contributed by atoms with Gasteiger partial charge in [-0.15, -0.1) is 0 Å². The quantitative estimate of drug-likeness (QED) is 0.464. The van der Waals surface area contributed by atoms with E-state index in [0.29, 0.717) is 18.8 Å². The Morgan fingerprint density at radius 1 is 1.00 bits per heavy atom. The third kappa shape index (κ3) is 7.66. The SMILES string of the molecule is CCNC(=O)COc1cccc(CN=C(NCC)N(C)Cc2ccc(OC)cc2)c1. The van der Waals surface area contributed by atoms with Crippen molar-refractivity contribution >= 4 is 11.9 Å². The van der Waals surface area contributed by atoms with Crippen molar-refractivity contribution in [2.45, 2.75) is 26.9 Å². The van der Waals surface area contributed by atoms with Gasteiger partial charge in [-0.25, -0.2) is 4.99 Å². The predicted octanol–water partition coefficient (Wildman–Crippen LogP) is 2.81. The third-order valence-electron chi connectivity index (χ3n) is 4.33. The fourth-order valence-electron chi connectivity index (χ4n) is 2.85. The molecule has 162 valence electrons. The van der Waals surface area contributed by atoms with E-state index in [1.165, 1.54) is 5.56 Å². The molecule has 0 saturated heterocycles. The van der Waals surface area contributed by atoms with Gasteiger partial charge in [-0.1, -0.05) is 24.3 Å². The van der Waals surface area contributed by atoms with Crippen molar-refractivity contribution in [2.24, 2.45) is 4.99 Å². The summed E-state index contributed by atoms with van der Waals surface area (Å²) < 4.78 is 10.8. The summed E-state index contributed by atoms with van der Waals surface area (Å²) in [4.78, 5) is 18.4. The Labute approximate surface area is 179 Å². The second-order valence-electron chi connectivity index (χ2n) is 6.76. The van der Waals surface area contributed by atoms with Crippen molar-refractivity contribution in [3.8, 4) is 11.5 Å². The molecule has 2 N–H and O–H groups in total. The van der Waals surface area contributed by atoms with Gasteiger partial charge < -0.3 is 25.0 Å². The highest BCUT2D eigenvalue weighted by atomic mass is 16.5. The van der Waals surface area contributed by atoms with Crippen LogP contribution in [0.25, 0.3) is 0 Å². The molecule has 0 bridgehead atoms. The number of methoxy groups -OCH3 is 1. The van der Waals surface area contributed by atoms with E-state index < -0.39 is 0 Å². The average molecular weight is 413 g/mol. The molecule has 7 heteroatoms. The van der Waals surface area contributed by atoms with Crippen LogP contribution >= 0.6 is 0 Å². The lowest BCUT2D eigenvalue weighted by Crippen LogP contribution is -2.38. The molecule has 0 saturated carbocycles. The van der Waals surface area contributed by atoms with Crippen LogP contribution in [0.15, 0.2) is 53.5 Å². The topological polar surface area (TPSA) is 75.2 Å². The molecule has 0 aliphatic rings. The second-order valence-corrected chi connectivity index (χ2v) is 6.76. The van der Waals surface area contributed by atoms with E-state index in [1.54, 1.807) is 7.11 Å². The third-order valence-corrected chi connectivity index (χ3v) is 4.33. The molecule has 0 aliphatic carbocycles. The molecule has 1 amide bonds. The number of likely N-dealkylation sites (N-methyl/N-ethyl adjacent to an activating group) is 1. The average Bonchev–Trinajstić information content (AvgIpc) is 2.76. The summed E-state index contributed by atoms with van der Waals surface area (Å²) in [6, 6.07) is 15.7. The van der Waals surface area contributed by atoms with Crippen LogP contribution in [0.2, 0.25) is 0 Å². The molecular weight excluding hydrogens is 380 g/mol. The van der Waals surface area contributed by atoms with Gasteiger partial charge in [0.05, 0.1) is 13.7 Å². The van der Waals surface area contributed by atoms with Crippen LogP contribution < -0.4 is 20.1 Å². The van der Waals surface area contributed by atoms with E-state index in [4.69, 9.17) is 14.5 Å². The number of rotatable bonds is 10. The highest BCUT2D eigenvalue weighted by Gasteiger charge is 2.07. The van der Waals surface area contributed by atoms with E-state index in [-0.39, 0.29) is 12.5 Å². The number of aliphatic imine (C=N–C) groups is 1. The standard InChI is InChI=1S/C23H32N4O3/c1-5-24-22(28)17-30-21-9-7-8-19(14-21)15-26-23(25-6-2)27(3)16-18-10-12-20(29-4)13-11-18/h7-14H,5-6,15-17H2,1-4H3,(H,24,28)(H,25,26). The number of amides is 1. The lowest BCUT2D eigenvalue weighted by atomic mass is 10.2. The van der Waals surface area contributed by atoms with Gasteiger partial charge in [-0.2, -0.15) is 0 Å². The molecule has 0 spiro atoms. The Balaban J connectivity index is 2.00. The van der Waals surface area contributed by atoms with Gasteiger partial charge in [0.2, 0.25) is 0 Å². The van der Waals surface area contributed by atoms with Crippen molar-refractivity contribution in [3.63, 3.8) is 0 Å². The van der Waals surface area contributed by atoms with Crippen molar-refractivity contribution in [1.82, 2.24) is 15.5 Å². The largest absolute Gasteiger partial charge is 0.497 e. The number of nitrogens with zero attached hydrogens (tertiary/aromatic N) is 2. The van der Waals surface area contributed by atoms with Gasteiger partial charge in [0.25, 0.3) is 5.91 Å². The monoisotopic (exact) mass is 412 g/mol.